The van der Waals surface area contributed by atoms with Crippen molar-refractivity contribution in [2.75, 3.05) is 16.8 Å². The summed E-state index contributed by atoms with van der Waals surface area (Å²) in [5, 5.41) is 2.38. The molecule has 136 valence electrons. The zero-order chi connectivity index (χ0) is 19.1. The minimum Gasteiger partial charge on any atom is -0.449 e. The number of carbonyl (C=O) groups excluding carboxylic acids is 3. The molecule has 0 saturated heterocycles. The maximum absolute atomic E-state index is 12.6. The molecular weight excluding hydrogens is 334 g/mol. The van der Waals surface area contributed by atoms with E-state index in [1.54, 1.807) is 17.0 Å². The molecule has 3 amide bonds. The van der Waals surface area contributed by atoms with Crippen molar-refractivity contribution in [3.8, 4) is 0 Å². The molecule has 0 fully saturated rings. The Bertz CT molecular complexity index is 792. The molecule has 0 aliphatic rings. The van der Waals surface area contributed by atoms with Crippen molar-refractivity contribution in [2.45, 2.75) is 20.0 Å². The van der Waals surface area contributed by atoms with Gasteiger partial charge in [0.15, 0.2) is 6.10 Å². The second-order valence-corrected chi connectivity index (χ2v) is 5.54. The molecule has 0 heterocycles. The summed E-state index contributed by atoms with van der Waals surface area (Å²) in [4.78, 5) is 37.4. The van der Waals surface area contributed by atoms with Gasteiger partial charge in [-0.15, -0.1) is 0 Å². The van der Waals surface area contributed by atoms with Gasteiger partial charge in [0, 0.05) is 17.9 Å². The number of rotatable bonds is 6. The van der Waals surface area contributed by atoms with Gasteiger partial charge in [-0.05, 0) is 44.2 Å². The van der Waals surface area contributed by atoms with Crippen LogP contribution in [0.4, 0.5) is 16.2 Å². The summed E-state index contributed by atoms with van der Waals surface area (Å²) in [6.07, 6.45) is -0.963. The first-order valence-electron chi connectivity index (χ1n) is 8.16. The Morgan fingerprint density at radius 3 is 2.42 bits per heavy atom. The zero-order valence-electron chi connectivity index (χ0n) is 14.6. The predicted octanol–water partition coefficient (Wildman–Crippen LogP) is 2.78. The lowest BCUT2D eigenvalue weighted by Gasteiger charge is -2.24. The van der Waals surface area contributed by atoms with E-state index in [2.05, 4.69) is 5.32 Å². The van der Waals surface area contributed by atoms with Gasteiger partial charge in [0.1, 0.15) is 0 Å². The number of hydrogen-bond donors (Lipinski definition) is 2. The van der Waals surface area contributed by atoms with Crippen molar-refractivity contribution in [1.82, 2.24) is 0 Å². The van der Waals surface area contributed by atoms with Gasteiger partial charge >= 0.3 is 12.0 Å². The van der Waals surface area contributed by atoms with Gasteiger partial charge in [-0.1, -0.05) is 24.3 Å². The van der Waals surface area contributed by atoms with Crippen LogP contribution in [-0.4, -0.2) is 30.6 Å². The van der Waals surface area contributed by atoms with Gasteiger partial charge in [-0.3, -0.25) is 4.79 Å². The summed E-state index contributed by atoms with van der Waals surface area (Å²) in [5.41, 5.74) is 6.36. The van der Waals surface area contributed by atoms with Gasteiger partial charge in [0.25, 0.3) is 5.91 Å². The van der Waals surface area contributed by atoms with Crippen LogP contribution in [0, 0.1) is 0 Å². The number of benzene rings is 2. The Kier molecular flexibility index (Phi) is 6.32. The molecule has 2 aromatic rings. The highest BCUT2D eigenvalue weighted by Gasteiger charge is 2.24. The lowest BCUT2D eigenvalue weighted by atomic mass is 10.2. The SMILES string of the molecule is CCN(C(=O)[C@H](C)OC(=O)c1cccc(NC(N)=O)c1)c1ccccc1. The van der Waals surface area contributed by atoms with Crippen LogP contribution in [0.3, 0.4) is 0 Å². The second-order valence-electron chi connectivity index (χ2n) is 5.54. The molecule has 0 bridgehead atoms. The molecule has 0 saturated carbocycles. The summed E-state index contributed by atoms with van der Waals surface area (Å²) >= 11 is 0. The molecule has 0 radical (unpaired) electrons. The number of hydrogen-bond acceptors (Lipinski definition) is 4. The van der Waals surface area contributed by atoms with Crippen molar-refractivity contribution in [1.29, 1.82) is 0 Å². The minimum absolute atomic E-state index is 0.207. The smallest absolute Gasteiger partial charge is 0.338 e. The van der Waals surface area contributed by atoms with Gasteiger partial charge in [-0.2, -0.15) is 0 Å². The summed E-state index contributed by atoms with van der Waals surface area (Å²) in [5.74, 6) is -0.985. The maximum atomic E-state index is 12.6. The molecular formula is C19H21N3O4. The molecule has 2 rings (SSSR count). The molecule has 0 unspecified atom stereocenters. The highest BCUT2D eigenvalue weighted by Crippen LogP contribution is 2.17. The number of urea groups is 1. The summed E-state index contributed by atoms with van der Waals surface area (Å²) in [6, 6.07) is 14.5. The number of nitrogens with one attached hydrogen (secondary N) is 1. The lowest BCUT2D eigenvalue weighted by Crippen LogP contribution is -2.40. The van der Waals surface area contributed by atoms with E-state index in [9.17, 15) is 14.4 Å². The average molecular weight is 355 g/mol. The number of primary amides is 1. The van der Waals surface area contributed by atoms with Gasteiger partial charge in [-0.25, -0.2) is 9.59 Å². The van der Waals surface area contributed by atoms with Gasteiger partial charge in [0.05, 0.1) is 5.56 Å². The first-order chi connectivity index (χ1) is 12.4. The first-order valence-corrected chi connectivity index (χ1v) is 8.16. The summed E-state index contributed by atoms with van der Waals surface area (Å²) < 4.78 is 5.29. The number of anilines is 2. The molecule has 7 nitrogen and oxygen atoms in total. The van der Waals surface area contributed by atoms with Crippen LogP contribution in [0.1, 0.15) is 24.2 Å². The fraction of sp³-hybridized carbons (Fsp3) is 0.211. The average Bonchev–Trinajstić information content (AvgIpc) is 2.62. The van der Waals surface area contributed by atoms with E-state index in [0.29, 0.717) is 12.2 Å². The van der Waals surface area contributed by atoms with Crippen LogP contribution in [0.15, 0.2) is 54.6 Å². The van der Waals surface area contributed by atoms with Crippen LogP contribution >= 0.6 is 0 Å². The molecule has 0 spiro atoms. The quantitative estimate of drug-likeness (QED) is 0.778. The molecule has 26 heavy (non-hydrogen) atoms. The third-order valence-corrected chi connectivity index (χ3v) is 3.65. The van der Waals surface area contributed by atoms with Crippen LogP contribution in [0.2, 0.25) is 0 Å². The lowest BCUT2D eigenvalue weighted by molar-refractivity contribution is -0.126. The van der Waals surface area contributed by atoms with E-state index >= 15 is 0 Å². The predicted molar refractivity (Wildman–Crippen MR) is 99.0 cm³/mol. The Labute approximate surface area is 151 Å². The fourth-order valence-corrected chi connectivity index (χ4v) is 2.44. The number of carbonyl (C=O) groups is 3. The number of likely N-dealkylation sites (N-methyl/N-ethyl adjacent to an activating group) is 1. The van der Waals surface area contributed by atoms with Crippen LogP contribution < -0.4 is 16.0 Å². The van der Waals surface area contributed by atoms with E-state index in [0.717, 1.165) is 5.69 Å². The Morgan fingerprint density at radius 1 is 1.12 bits per heavy atom. The summed E-state index contributed by atoms with van der Waals surface area (Å²) in [7, 11) is 0. The van der Waals surface area contributed by atoms with E-state index in [1.807, 2.05) is 37.3 Å². The number of esters is 1. The molecule has 3 N–H and O–H groups in total. The molecule has 0 aliphatic heterocycles. The molecule has 0 aromatic heterocycles. The number of amides is 3. The van der Waals surface area contributed by atoms with Crippen molar-refractivity contribution in [3.05, 3.63) is 60.2 Å². The maximum Gasteiger partial charge on any atom is 0.338 e. The number of para-hydroxylation sites is 1. The molecule has 0 aliphatic carbocycles. The number of nitrogens with zero attached hydrogens (tertiary/aromatic N) is 1. The normalized spacial score (nSPS) is 11.3. The standard InChI is InChI=1S/C19H21N3O4/c1-3-22(16-10-5-4-6-11-16)17(23)13(2)26-18(24)14-8-7-9-15(12-14)21-19(20)25/h4-13H,3H2,1-2H3,(H3,20,21,25)/t13-/m0/s1. The Hall–Kier alpha value is -3.35. The van der Waals surface area contributed by atoms with Crippen molar-refractivity contribution < 1.29 is 19.1 Å². The molecule has 1 atom stereocenters. The van der Waals surface area contributed by atoms with E-state index in [-0.39, 0.29) is 11.5 Å². The minimum atomic E-state index is -0.963. The number of ether oxygens (including phenoxy) is 1. The zero-order valence-corrected chi connectivity index (χ0v) is 14.6. The Morgan fingerprint density at radius 2 is 1.81 bits per heavy atom. The summed E-state index contributed by atoms with van der Waals surface area (Å²) in [6.45, 7) is 3.82. The Balaban J connectivity index is 2.08. The van der Waals surface area contributed by atoms with Crippen molar-refractivity contribution >= 4 is 29.3 Å². The number of nitrogens with two attached hydrogens (primary N) is 1. The topological polar surface area (TPSA) is 102 Å². The van der Waals surface area contributed by atoms with E-state index < -0.39 is 18.1 Å². The second kappa shape index (κ2) is 8.66. The largest absolute Gasteiger partial charge is 0.449 e. The van der Waals surface area contributed by atoms with Crippen LogP contribution in [0.5, 0.6) is 0 Å². The fourth-order valence-electron chi connectivity index (χ4n) is 2.44. The van der Waals surface area contributed by atoms with Crippen molar-refractivity contribution in [3.63, 3.8) is 0 Å². The first kappa shape index (κ1) is 19.0. The van der Waals surface area contributed by atoms with E-state index in [4.69, 9.17) is 10.5 Å². The molecule has 7 heteroatoms. The van der Waals surface area contributed by atoms with Crippen molar-refractivity contribution in [2.24, 2.45) is 5.73 Å². The van der Waals surface area contributed by atoms with E-state index in [1.165, 1.54) is 19.1 Å². The van der Waals surface area contributed by atoms with Crippen LogP contribution in [-0.2, 0) is 9.53 Å². The van der Waals surface area contributed by atoms with Gasteiger partial charge in [0.2, 0.25) is 0 Å². The third kappa shape index (κ3) is 4.83. The monoisotopic (exact) mass is 355 g/mol. The molecule has 2 aromatic carbocycles. The van der Waals surface area contributed by atoms with Crippen LogP contribution in [0.25, 0.3) is 0 Å². The third-order valence-electron chi connectivity index (χ3n) is 3.65. The van der Waals surface area contributed by atoms with Gasteiger partial charge < -0.3 is 20.7 Å². The highest BCUT2D eigenvalue weighted by molar-refractivity contribution is 5.99. The highest BCUT2D eigenvalue weighted by atomic mass is 16.5.